The highest BCUT2D eigenvalue weighted by Crippen LogP contribution is 2.21. The molecule has 0 aliphatic heterocycles. The zero-order valence-electron chi connectivity index (χ0n) is 18.4. The summed E-state index contributed by atoms with van der Waals surface area (Å²) in [7, 11) is 0. The summed E-state index contributed by atoms with van der Waals surface area (Å²) >= 11 is 1.34. The van der Waals surface area contributed by atoms with Crippen molar-refractivity contribution in [2.45, 2.75) is 39.5 Å². The van der Waals surface area contributed by atoms with Gasteiger partial charge in [-0.05, 0) is 60.9 Å². The lowest BCUT2D eigenvalue weighted by molar-refractivity contribution is 0.309. The Labute approximate surface area is 191 Å². The summed E-state index contributed by atoms with van der Waals surface area (Å²) in [4.78, 5) is 18.0. The molecule has 0 N–H and O–H groups in total. The van der Waals surface area contributed by atoms with Crippen LogP contribution < -0.4 is 19.6 Å². The van der Waals surface area contributed by atoms with Gasteiger partial charge in [0.05, 0.1) is 17.7 Å². The van der Waals surface area contributed by atoms with Crippen LogP contribution in [-0.2, 0) is 0 Å². The van der Waals surface area contributed by atoms with Crippen LogP contribution in [-0.4, -0.2) is 27.8 Å². The van der Waals surface area contributed by atoms with E-state index < -0.39 is 0 Å². The number of thiazole rings is 1. The van der Waals surface area contributed by atoms with Crippen LogP contribution in [0.25, 0.3) is 22.4 Å². The van der Waals surface area contributed by atoms with Crippen LogP contribution in [0.2, 0.25) is 0 Å². The van der Waals surface area contributed by atoms with Crippen LogP contribution in [0, 0.1) is 0 Å². The fourth-order valence-corrected chi connectivity index (χ4v) is 4.04. The fraction of sp³-hybridized carbons (Fsp3) is 0.320. The number of nitrogens with zero attached hydrogens (tertiary/aromatic N) is 3. The van der Waals surface area contributed by atoms with Crippen molar-refractivity contribution in [2.75, 3.05) is 13.2 Å². The van der Waals surface area contributed by atoms with Crippen molar-refractivity contribution in [3.8, 4) is 22.9 Å². The maximum atomic E-state index is 12.8. The molecule has 0 amide bonds. The normalized spacial score (nSPS) is 11.9. The highest BCUT2D eigenvalue weighted by atomic mass is 32.1. The summed E-state index contributed by atoms with van der Waals surface area (Å²) in [5, 5.41) is 4.43. The first-order chi connectivity index (χ1) is 15.7. The average molecular weight is 450 g/mol. The van der Waals surface area contributed by atoms with Crippen LogP contribution in [0.1, 0.15) is 45.1 Å². The zero-order chi connectivity index (χ0) is 22.3. The second kappa shape index (κ2) is 10.4. The van der Waals surface area contributed by atoms with Crippen molar-refractivity contribution >= 4 is 22.4 Å². The topological polar surface area (TPSA) is 65.7 Å². The predicted molar refractivity (Wildman–Crippen MR) is 129 cm³/mol. The van der Waals surface area contributed by atoms with Crippen molar-refractivity contribution in [1.82, 2.24) is 14.6 Å². The molecule has 2 heterocycles. The van der Waals surface area contributed by atoms with E-state index in [1.165, 1.54) is 15.9 Å². The summed E-state index contributed by atoms with van der Waals surface area (Å²) in [6, 6.07) is 15.4. The molecule has 4 aromatic rings. The van der Waals surface area contributed by atoms with E-state index in [1.807, 2.05) is 54.6 Å². The minimum atomic E-state index is -0.161. The standard InChI is InChI=1S/C25H27N3O3S/c1-3-5-15-30-20-11-7-18(8-12-20)17-22-24(29)28-25(32-22)26-23(27-28)19-9-13-21(14-10-19)31-16-6-4-2/h7-14,17H,3-6,15-16H2,1-2H3. The molecule has 6 nitrogen and oxygen atoms in total. The van der Waals surface area contributed by atoms with E-state index in [0.717, 1.165) is 54.9 Å². The third-order valence-corrected chi connectivity index (χ3v) is 5.96. The largest absolute Gasteiger partial charge is 0.494 e. The van der Waals surface area contributed by atoms with Crippen LogP contribution in [0.3, 0.4) is 0 Å². The maximum Gasteiger partial charge on any atom is 0.291 e. The number of rotatable bonds is 10. The molecule has 0 saturated heterocycles. The first-order valence-electron chi connectivity index (χ1n) is 11.1. The van der Waals surface area contributed by atoms with Gasteiger partial charge in [-0.25, -0.2) is 0 Å². The van der Waals surface area contributed by atoms with Gasteiger partial charge in [0.15, 0.2) is 5.82 Å². The first kappa shape index (κ1) is 22.0. The predicted octanol–water partition coefficient (Wildman–Crippen LogP) is 4.72. The third kappa shape index (κ3) is 5.16. The molecule has 0 radical (unpaired) electrons. The van der Waals surface area contributed by atoms with Gasteiger partial charge in [0, 0.05) is 5.56 Å². The van der Waals surface area contributed by atoms with E-state index in [0.29, 0.717) is 21.9 Å². The van der Waals surface area contributed by atoms with Gasteiger partial charge in [-0.3, -0.25) is 4.79 Å². The van der Waals surface area contributed by atoms with Gasteiger partial charge in [-0.15, -0.1) is 5.10 Å². The van der Waals surface area contributed by atoms with Gasteiger partial charge in [-0.2, -0.15) is 9.50 Å². The summed E-state index contributed by atoms with van der Waals surface area (Å²) in [6.45, 7) is 5.70. The van der Waals surface area contributed by atoms with E-state index >= 15 is 0 Å². The number of unbranched alkanes of at least 4 members (excludes halogenated alkanes) is 2. The Kier molecular flexibility index (Phi) is 7.17. The summed E-state index contributed by atoms with van der Waals surface area (Å²) in [5.41, 5.74) is 1.63. The van der Waals surface area contributed by atoms with Gasteiger partial charge >= 0.3 is 0 Å². The Morgan fingerprint density at radius 2 is 1.50 bits per heavy atom. The second-order valence-electron chi connectivity index (χ2n) is 7.54. The number of fused-ring (bicyclic) bond motifs is 1. The Morgan fingerprint density at radius 1 is 0.906 bits per heavy atom. The second-order valence-corrected chi connectivity index (χ2v) is 8.55. The number of hydrogen-bond acceptors (Lipinski definition) is 6. The van der Waals surface area contributed by atoms with Crippen molar-refractivity contribution in [1.29, 1.82) is 0 Å². The lowest BCUT2D eigenvalue weighted by Gasteiger charge is -2.05. The van der Waals surface area contributed by atoms with Crippen LogP contribution in [0.5, 0.6) is 11.5 Å². The third-order valence-electron chi connectivity index (χ3n) is 5.01. The minimum absolute atomic E-state index is 0.161. The van der Waals surface area contributed by atoms with E-state index in [-0.39, 0.29) is 5.56 Å². The Balaban J connectivity index is 1.51. The van der Waals surface area contributed by atoms with Crippen LogP contribution in [0.4, 0.5) is 0 Å². The molecule has 32 heavy (non-hydrogen) atoms. The molecule has 7 heteroatoms. The van der Waals surface area contributed by atoms with Crippen LogP contribution >= 0.6 is 11.3 Å². The summed E-state index contributed by atoms with van der Waals surface area (Å²) in [6.07, 6.45) is 6.13. The van der Waals surface area contributed by atoms with Crippen molar-refractivity contribution in [2.24, 2.45) is 0 Å². The van der Waals surface area contributed by atoms with E-state index in [4.69, 9.17) is 9.47 Å². The molecular weight excluding hydrogens is 422 g/mol. The Bertz CT molecular complexity index is 1260. The molecule has 2 aromatic carbocycles. The quantitative estimate of drug-likeness (QED) is 0.328. The van der Waals surface area contributed by atoms with E-state index in [9.17, 15) is 4.79 Å². The molecule has 0 aliphatic carbocycles. The molecule has 2 aromatic heterocycles. The number of ether oxygens (including phenoxy) is 2. The van der Waals surface area contributed by atoms with E-state index in [2.05, 4.69) is 23.9 Å². The molecule has 0 bridgehead atoms. The number of hydrogen-bond donors (Lipinski definition) is 0. The van der Waals surface area contributed by atoms with Gasteiger partial charge in [0.1, 0.15) is 11.5 Å². The molecular formula is C25H27N3O3S. The smallest absolute Gasteiger partial charge is 0.291 e. The van der Waals surface area contributed by atoms with E-state index in [1.54, 1.807) is 0 Å². The zero-order valence-corrected chi connectivity index (χ0v) is 19.2. The molecule has 0 atom stereocenters. The SMILES string of the molecule is CCCCOc1ccc(C=c2sc3nc(-c4ccc(OCCCC)cc4)nn3c2=O)cc1. The molecule has 4 rings (SSSR count). The minimum Gasteiger partial charge on any atom is -0.494 e. The highest BCUT2D eigenvalue weighted by Gasteiger charge is 2.12. The monoisotopic (exact) mass is 449 g/mol. The lowest BCUT2D eigenvalue weighted by Crippen LogP contribution is -2.23. The molecule has 0 fully saturated rings. The first-order valence-corrected chi connectivity index (χ1v) is 11.9. The van der Waals surface area contributed by atoms with Gasteiger partial charge in [0.25, 0.3) is 5.56 Å². The van der Waals surface area contributed by atoms with Crippen molar-refractivity contribution in [3.63, 3.8) is 0 Å². The van der Waals surface area contributed by atoms with Crippen molar-refractivity contribution < 1.29 is 9.47 Å². The molecule has 0 spiro atoms. The fourth-order valence-electron chi connectivity index (χ4n) is 3.14. The lowest BCUT2D eigenvalue weighted by atomic mass is 10.2. The summed E-state index contributed by atoms with van der Waals surface area (Å²) in [5.74, 6) is 2.20. The Morgan fingerprint density at radius 3 is 2.06 bits per heavy atom. The number of benzene rings is 2. The van der Waals surface area contributed by atoms with Gasteiger partial charge < -0.3 is 9.47 Å². The summed E-state index contributed by atoms with van der Waals surface area (Å²) < 4.78 is 13.4. The maximum absolute atomic E-state index is 12.8. The van der Waals surface area contributed by atoms with Gasteiger partial charge in [0.2, 0.25) is 4.96 Å². The average Bonchev–Trinajstić information content (AvgIpc) is 3.35. The Hall–Kier alpha value is -3.19. The molecule has 0 aliphatic rings. The highest BCUT2D eigenvalue weighted by molar-refractivity contribution is 7.15. The number of aromatic nitrogens is 3. The molecule has 166 valence electrons. The molecule has 0 saturated carbocycles. The molecule has 0 unspecified atom stereocenters. The van der Waals surface area contributed by atoms with Gasteiger partial charge in [-0.1, -0.05) is 50.2 Å². The van der Waals surface area contributed by atoms with Crippen LogP contribution in [0.15, 0.2) is 53.3 Å². The van der Waals surface area contributed by atoms with Crippen molar-refractivity contribution in [3.05, 3.63) is 69.0 Å².